The van der Waals surface area contributed by atoms with E-state index in [-0.39, 0.29) is 18.0 Å². The molecule has 22 heavy (non-hydrogen) atoms. The Balaban J connectivity index is 2.58. The molecule has 0 saturated heterocycles. The van der Waals surface area contributed by atoms with Gasteiger partial charge in [-0.15, -0.1) is 0 Å². The van der Waals surface area contributed by atoms with Gasteiger partial charge in [-0.3, -0.25) is 4.79 Å². The van der Waals surface area contributed by atoms with Crippen molar-refractivity contribution >= 4 is 17.6 Å². The molecule has 0 aliphatic carbocycles. The second-order valence-electron chi connectivity index (χ2n) is 5.30. The lowest BCUT2D eigenvalue weighted by Gasteiger charge is -2.13. The van der Waals surface area contributed by atoms with Gasteiger partial charge in [0.25, 0.3) is 5.91 Å². The lowest BCUT2D eigenvalue weighted by atomic mass is 10.1. The van der Waals surface area contributed by atoms with Crippen LogP contribution in [0.15, 0.2) is 24.3 Å². The number of carbonyl (C=O) groups is 2. The molecule has 0 aliphatic heterocycles. The molecular weight excluding hydrogens is 280 g/mol. The minimum absolute atomic E-state index is 0.0330. The van der Waals surface area contributed by atoms with Crippen LogP contribution in [0.1, 0.15) is 37.6 Å². The molecule has 1 rings (SSSR count). The average Bonchev–Trinajstić information content (AvgIpc) is 2.46. The smallest absolute Gasteiger partial charge is 0.319 e. The predicted octanol–water partition coefficient (Wildman–Crippen LogP) is 1.95. The van der Waals surface area contributed by atoms with Gasteiger partial charge in [-0.1, -0.05) is 19.1 Å². The molecule has 0 unspecified atom stereocenters. The number of hydrogen-bond acceptors (Lipinski definition) is 3. The Morgan fingerprint density at radius 3 is 2.50 bits per heavy atom. The molecule has 0 saturated carbocycles. The number of carbonyl (C=O) groups excluding carboxylic acids is 2. The molecule has 4 N–H and O–H groups in total. The van der Waals surface area contributed by atoms with Crippen molar-refractivity contribution in [3.8, 4) is 0 Å². The maximum Gasteiger partial charge on any atom is 0.319 e. The molecular formula is C16H26N4O2. The Morgan fingerprint density at radius 2 is 1.82 bits per heavy atom. The molecule has 1 aromatic rings. The predicted molar refractivity (Wildman–Crippen MR) is 89.2 cm³/mol. The third kappa shape index (κ3) is 6.58. The summed E-state index contributed by atoms with van der Waals surface area (Å²) in [7, 11) is 0. The van der Waals surface area contributed by atoms with Gasteiger partial charge in [-0.05, 0) is 38.9 Å². The molecule has 0 spiro atoms. The van der Waals surface area contributed by atoms with E-state index in [9.17, 15) is 9.59 Å². The van der Waals surface area contributed by atoms with Gasteiger partial charge in [-0.25, -0.2) is 4.79 Å². The highest BCUT2D eigenvalue weighted by atomic mass is 16.2. The van der Waals surface area contributed by atoms with E-state index in [1.54, 1.807) is 24.3 Å². The Bertz CT molecular complexity index is 489. The monoisotopic (exact) mass is 306 g/mol. The highest BCUT2D eigenvalue weighted by molar-refractivity contribution is 6.03. The number of para-hydroxylation sites is 1. The second kappa shape index (κ2) is 9.78. The first-order valence-corrected chi connectivity index (χ1v) is 7.70. The molecule has 1 aromatic carbocycles. The van der Waals surface area contributed by atoms with Crippen LogP contribution >= 0.6 is 0 Å². The van der Waals surface area contributed by atoms with Crippen LogP contribution in [-0.2, 0) is 0 Å². The van der Waals surface area contributed by atoms with Crippen molar-refractivity contribution in [3.05, 3.63) is 29.8 Å². The maximum atomic E-state index is 12.2. The molecule has 0 radical (unpaired) electrons. The van der Waals surface area contributed by atoms with E-state index in [0.717, 1.165) is 19.5 Å². The van der Waals surface area contributed by atoms with Crippen LogP contribution in [0, 0.1) is 0 Å². The number of hydrogen-bond donors (Lipinski definition) is 4. The van der Waals surface area contributed by atoms with Gasteiger partial charge in [0.2, 0.25) is 0 Å². The molecule has 6 nitrogen and oxygen atoms in total. The van der Waals surface area contributed by atoms with E-state index in [2.05, 4.69) is 28.2 Å². The molecule has 0 atom stereocenters. The Kier molecular flexibility index (Phi) is 7.99. The molecule has 3 amide bonds. The van der Waals surface area contributed by atoms with E-state index in [0.29, 0.717) is 17.8 Å². The fourth-order valence-electron chi connectivity index (χ4n) is 1.87. The van der Waals surface area contributed by atoms with Crippen molar-refractivity contribution in [2.45, 2.75) is 33.2 Å². The van der Waals surface area contributed by atoms with Crippen molar-refractivity contribution in [3.63, 3.8) is 0 Å². The van der Waals surface area contributed by atoms with E-state index in [1.165, 1.54) is 0 Å². The standard InChI is InChI=1S/C16H26N4O2/c1-4-9-17-10-11-18-15(21)13-7-5-6-8-14(13)20-16(22)19-12(2)3/h5-8,12,17H,4,9-11H2,1-3H3,(H,18,21)(H2,19,20,22). The Morgan fingerprint density at radius 1 is 1.09 bits per heavy atom. The lowest BCUT2D eigenvalue weighted by Crippen LogP contribution is -2.35. The van der Waals surface area contributed by atoms with Gasteiger partial charge >= 0.3 is 6.03 Å². The highest BCUT2D eigenvalue weighted by Gasteiger charge is 2.12. The molecule has 0 aliphatic rings. The largest absolute Gasteiger partial charge is 0.351 e. The summed E-state index contributed by atoms with van der Waals surface area (Å²) in [5, 5.41) is 11.5. The van der Waals surface area contributed by atoms with Crippen molar-refractivity contribution in [2.75, 3.05) is 25.0 Å². The van der Waals surface area contributed by atoms with Crippen LogP contribution in [0.2, 0.25) is 0 Å². The molecule has 122 valence electrons. The van der Waals surface area contributed by atoms with Gasteiger partial charge in [0.1, 0.15) is 0 Å². The first-order valence-electron chi connectivity index (χ1n) is 7.70. The zero-order valence-corrected chi connectivity index (χ0v) is 13.5. The van der Waals surface area contributed by atoms with Gasteiger partial charge < -0.3 is 21.3 Å². The van der Waals surface area contributed by atoms with Crippen LogP contribution in [0.3, 0.4) is 0 Å². The highest BCUT2D eigenvalue weighted by Crippen LogP contribution is 2.14. The van der Waals surface area contributed by atoms with Gasteiger partial charge in [0, 0.05) is 19.1 Å². The summed E-state index contributed by atoms with van der Waals surface area (Å²) < 4.78 is 0. The van der Waals surface area contributed by atoms with E-state index in [4.69, 9.17) is 0 Å². The first kappa shape index (κ1) is 18.0. The van der Waals surface area contributed by atoms with Crippen molar-refractivity contribution in [1.82, 2.24) is 16.0 Å². The number of benzene rings is 1. The SMILES string of the molecule is CCCNCCNC(=O)c1ccccc1NC(=O)NC(C)C. The van der Waals surface area contributed by atoms with Crippen molar-refractivity contribution in [1.29, 1.82) is 0 Å². The van der Waals surface area contributed by atoms with Crippen LogP contribution in [0.25, 0.3) is 0 Å². The fraction of sp³-hybridized carbons (Fsp3) is 0.500. The summed E-state index contributed by atoms with van der Waals surface area (Å²) in [5.41, 5.74) is 0.955. The molecule has 0 bridgehead atoms. The molecule has 0 aromatic heterocycles. The zero-order chi connectivity index (χ0) is 16.4. The fourth-order valence-corrected chi connectivity index (χ4v) is 1.87. The first-order chi connectivity index (χ1) is 10.5. The molecule has 6 heteroatoms. The number of nitrogens with one attached hydrogen (secondary N) is 4. The van der Waals surface area contributed by atoms with Crippen LogP contribution in [0.5, 0.6) is 0 Å². The van der Waals surface area contributed by atoms with Crippen LogP contribution in [-0.4, -0.2) is 37.6 Å². The summed E-state index contributed by atoms with van der Waals surface area (Å²) in [6.07, 6.45) is 1.06. The molecule has 0 fully saturated rings. The summed E-state index contributed by atoms with van der Waals surface area (Å²) in [6.45, 7) is 8.05. The van der Waals surface area contributed by atoms with Gasteiger partial charge in [0.15, 0.2) is 0 Å². The third-order valence-corrected chi connectivity index (χ3v) is 2.85. The summed E-state index contributed by atoms with van der Waals surface area (Å²) in [5.74, 6) is -0.196. The Hall–Kier alpha value is -2.08. The lowest BCUT2D eigenvalue weighted by molar-refractivity contribution is 0.0955. The Labute approximate surface area is 132 Å². The van der Waals surface area contributed by atoms with Gasteiger partial charge in [-0.2, -0.15) is 0 Å². The van der Waals surface area contributed by atoms with E-state index < -0.39 is 0 Å². The van der Waals surface area contributed by atoms with Crippen molar-refractivity contribution in [2.24, 2.45) is 0 Å². The number of anilines is 1. The van der Waals surface area contributed by atoms with Crippen molar-refractivity contribution < 1.29 is 9.59 Å². The summed E-state index contributed by atoms with van der Waals surface area (Å²) in [6, 6.07) is 6.68. The van der Waals surface area contributed by atoms with Gasteiger partial charge in [0.05, 0.1) is 11.3 Å². The number of rotatable bonds is 8. The number of amides is 3. The minimum Gasteiger partial charge on any atom is -0.351 e. The normalized spacial score (nSPS) is 10.4. The van der Waals surface area contributed by atoms with E-state index >= 15 is 0 Å². The van der Waals surface area contributed by atoms with E-state index in [1.807, 2.05) is 13.8 Å². The third-order valence-electron chi connectivity index (χ3n) is 2.85. The summed E-state index contributed by atoms with van der Waals surface area (Å²) in [4.78, 5) is 24.0. The maximum absolute atomic E-state index is 12.2. The zero-order valence-electron chi connectivity index (χ0n) is 13.5. The minimum atomic E-state index is -0.320. The quantitative estimate of drug-likeness (QED) is 0.554. The molecule has 0 heterocycles. The summed E-state index contributed by atoms with van der Waals surface area (Å²) >= 11 is 0. The van der Waals surface area contributed by atoms with Crippen LogP contribution in [0.4, 0.5) is 10.5 Å². The average molecular weight is 306 g/mol. The number of urea groups is 1. The second-order valence-corrected chi connectivity index (χ2v) is 5.30. The topological polar surface area (TPSA) is 82.3 Å². The van der Waals surface area contributed by atoms with Crippen LogP contribution < -0.4 is 21.3 Å².